The van der Waals surface area contributed by atoms with Crippen LogP contribution in [0.2, 0.25) is 0 Å². The molecule has 5 heteroatoms. The Hall–Kier alpha value is -2.69. The van der Waals surface area contributed by atoms with E-state index in [9.17, 15) is 19.1 Å². The van der Waals surface area contributed by atoms with Crippen molar-refractivity contribution in [3.63, 3.8) is 0 Å². The second-order valence-corrected chi connectivity index (χ2v) is 4.66. The minimum Gasteiger partial charge on any atom is -0.478 e. The monoisotopic (exact) mass is 287 g/mol. The van der Waals surface area contributed by atoms with Crippen LogP contribution in [-0.2, 0) is 11.2 Å². The summed E-state index contributed by atoms with van der Waals surface area (Å²) in [5.74, 6) is -1.91. The molecule has 0 unspecified atom stereocenters. The first-order valence-corrected chi connectivity index (χ1v) is 6.34. The zero-order valence-corrected chi connectivity index (χ0v) is 11.4. The number of anilines is 1. The van der Waals surface area contributed by atoms with Crippen molar-refractivity contribution in [2.24, 2.45) is 0 Å². The molecule has 2 N–H and O–H groups in total. The summed E-state index contributed by atoms with van der Waals surface area (Å²) in [6.45, 7) is 1.66. The molecule has 0 aromatic heterocycles. The van der Waals surface area contributed by atoms with Gasteiger partial charge in [-0.05, 0) is 36.2 Å². The smallest absolute Gasteiger partial charge is 0.338 e. The first kappa shape index (κ1) is 14.7. The molecule has 0 spiro atoms. The van der Waals surface area contributed by atoms with Gasteiger partial charge >= 0.3 is 5.97 Å². The van der Waals surface area contributed by atoms with E-state index in [1.54, 1.807) is 25.1 Å². The van der Waals surface area contributed by atoms with Crippen molar-refractivity contribution in [2.75, 3.05) is 5.32 Å². The van der Waals surface area contributed by atoms with Crippen molar-refractivity contribution in [3.05, 3.63) is 65.0 Å². The summed E-state index contributed by atoms with van der Waals surface area (Å²) in [4.78, 5) is 23.2. The molecule has 0 atom stereocenters. The van der Waals surface area contributed by atoms with Crippen LogP contribution in [0.4, 0.5) is 10.1 Å². The number of hydrogen-bond donors (Lipinski definition) is 2. The molecule has 2 rings (SSSR count). The Morgan fingerprint density at radius 1 is 1.19 bits per heavy atom. The number of amides is 1. The normalized spacial score (nSPS) is 10.2. The van der Waals surface area contributed by atoms with Crippen LogP contribution in [0.5, 0.6) is 0 Å². The molecule has 21 heavy (non-hydrogen) atoms. The lowest BCUT2D eigenvalue weighted by atomic mass is 10.1. The lowest BCUT2D eigenvalue weighted by Gasteiger charge is -2.10. The summed E-state index contributed by atoms with van der Waals surface area (Å²) < 4.78 is 13.1. The summed E-state index contributed by atoms with van der Waals surface area (Å²) in [7, 11) is 0. The van der Waals surface area contributed by atoms with E-state index in [1.807, 2.05) is 0 Å². The van der Waals surface area contributed by atoms with Crippen molar-refractivity contribution in [1.82, 2.24) is 0 Å². The van der Waals surface area contributed by atoms with Gasteiger partial charge in [-0.1, -0.05) is 24.3 Å². The van der Waals surface area contributed by atoms with Crippen molar-refractivity contribution in [2.45, 2.75) is 13.3 Å². The lowest BCUT2D eigenvalue weighted by molar-refractivity contribution is -0.115. The first-order valence-electron chi connectivity index (χ1n) is 6.34. The summed E-state index contributed by atoms with van der Waals surface area (Å²) in [5, 5.41) is 11.7. The fraction of sp³-hybridized carbons (Fsp3) is 0.125. The number of carbonyl (C=O) groups is 2. The Balaban J connectivity index is 2.17. The number of hydrogen-bond acceptors (Lipinski definition) is 2. The number of aromatic carboxylic acids is 1. The number of carbonyl (C=O) groups excluding carboxylic acids is 1. The number of carboxylic acids is 1. The summed E-state index contributed by atoms with van der Waals surface area (Å²) in [6.07, 6.45) is -0.0231. The van der Waals surface area contributed by atoms with Crippen LogP contribution in [0.1, 0.15) is 21.5 Å². The van der Waals surface area contributed by atoms with Crippen LogP contribution in [0.25, 0.3) is 0 Å². The van der Waals surface area contributed by atoms with Crippen LogP contribution in [0.15, 0.2) is 42.5 Å². The van der Waals surface area contributed by atoms with Crippen molar-refractivity contribution >= 4 is 17.6 Å². The maximum atomic E-state index is 13.1. The van der Waals surface area contributed by atoms with Crippen LogP contribution >= 0.6 is 0 Å². The third kappa shape index (κ3) is 3.66. The van der Waals surface area contributed by atoms with Crippen LogP contribution in [0, 0.1) is 12.7 Å². The Kier molecular flexibility index (Phi) is 4.33. The highest BCUT2D eigenvalue weighted by Crippen LogP contribution is 2.20. The van der Waals surface area contributed by atoms with E-state index in [1.165, 1.54) is 24.3 Å². The minimum absolute atomic E-state index is 0.0231. The van der Waals surface area contributed by atoms with Gasteiger partial charge in [0.25, 0.3) is 0 Å². The molecule has 2 aromatic carbocycles. The molecule has 0 fully saturated rings. The quantitative estimate of drug-likeness (QED) is 0.908. The van der Waals surface area contributed by atoms with Gasteiger partial charge in [0, 0.05) is 0 Å². The average molecular weight is 287 g/mol. The molecule has 2 aromatic rings. The molecular formula is C16H14FNO3. The number of halogens is 1. The van der Waals surface area contributed by atoms with Gasteiger partial charge in [-0.25, -0.2) is 9.18 Å². The fourth-order valence-electron chi connectivity index (χ4n) is 2.08. The molecule has 0 aliphatic heterocycles. The van der Waals surface area contributed by atoms with E-state index in [-0.39, 0.29) is 17.7 Å². The van der Waals surface area contributed by atoms with E-state index in [0.717, 1.165) is 0 Å². The zero-order valence-electron chi connectivity index (χ0n) is 11.4. The Morgan fingerprint density at radius 2 is 1.90 bits per heavy atom. The van der Waals surface area contributed by atoms with Crippen LogP contribution in [-0.4, -0.2) is 17.0 Å². The largest absolute Gasteiger partial charge is 0.478 e. The zero-order chi connectivity index (χ0) is 15.4. The third-order valence-corrected chi connectivity index (χ3v) is 3.01. The molecule has 0 radical (unpaired) electrons. The highest BCUT2D eigenvalue weighted by atomic mass is 19.1. The lowest BCUT2D eigenvalue weighted by Crippen LogP contribution is -2.17. The summed E-state index contributed by atoms with van der Waals surface area (Å²) in [6, 6.07) is 10.6. The van der Waals surface area contributed by atoms with E-state index < -0.39 is 17.7 Å². The van der Waals surface area contributed by atoms with Gasteiger partial charge in [0.1, 0.15) is 5.82 Å². The van der Waals surface area contributed by atoms with E-state index >= 15 is 0 Å². The molecule has 4 nitrogen and oxygen atoms in total. The van der Waals surface area contributed by atoms with E-state index in [0.29, 0.717) is 11.1 Å². The molecule has 0 aliphatic rings. The van der Waals surface area contributed by atoms with Gasteiger partial charge in [-0.2, -0.15) is 0 Å². The maximum Gasteiger partial charge on any atom is 0.338 e. The average Bonchev–Trinajstić information content (AvgIpc) is 2.37. The Bertz CT molecular complexity index is 698. The van der Waals surface area contributed by atoms with Gasteiger partial charge in [0.15, 0.2) is 0 Å². The van der Waals surface area contributed by atoms with E-state index in [4.69, 9.17) is 0 Å². The van der Waals surface area contributed by atoms with E-state index in [2.05, 4.69) is 5.32 Å². The molecule has 0 saturated heterocycles. The fourth-order valence-corrected chi connectivity index (χ4v) is 2.08. The van der Waals surface area contributed by atoms with Gasteiger partial charge in [0.2, 0.25) is 5.91 Å². The molecule has 0 bridgehead atoms. The Morgan fingerprint density at radius 3 is 2.57 bits per heavy atom. The van der Waals surface area contributed by atoms with Gasteiger partial charge in [0.05, 0.1) is 17.7 Å². The number of benzene rings is 2. The predicted molar refractivity (Wildman–Crippen MR) is 76.9 cm³/mol. The van der Waals surface area contributed by atoms with Crippen LogP contribution in [0.3, 0.4) is 0 Å². The maximum absolute atomic E-state index is 13.1. The van der Waals surface area contributed by atoms with Crippen molar-refractivity contribution in [1.29, 1.82) is 0 Å². The predicted octanol–water partition coefficient (Wildman–Crippen LogP) is 3.01. The highest BCUT2D eigenvalue weighted by molar-refractivity contribution is 6.02. The number of aryl methyl sites for hydroxylation is 1. The molecule has 1 amide bonds. The molecule has 0 heterocycles. The molecule has 0 saturated carbocycles. The standard InChI is InChI=1S/C16H14FNO3/c1-10-4-2-7-13(15(10)16(20)21)18-14(19)9-11-5-3-6-12(17)8-11/h2-8H,9H2,1H3,(H,18,19)(H,20,21). The number of carboxylic acid groups (broad SMARTS) is 1. The van der Waals surface area contributed by atoms with Gasteiger partial charge in [-0.15, -0.1) is 0 Å². The molecular weight excluding hydrogens is 273 g/mol. The summed E-state index contributed by atoms with van der Waals surface area (Å²) in [5.41, 5.74) is 1.39. The topological polar surface area (TPSA) is 66.4 Å². The Labute approximate surface area is 121 Å². The minimum atomic E-state index is -1.10. The molecule has 0 aliphatic carbocycles. The SMILES string of the molecule is Cc1cccc(NC(=O)Cc2cccc(F)c2)c1C(=O)O. The highest BCUT2D eigenvalue weighted by Gasteiger charge is 2.15. The first-order chi connectivity index (χ1) is 9.97. The second-order valence-electron chi connectivity index (χ2n) is 4.66. The van der Waals surface area contributed by atoms with Gasteiger partial charge < -0.3 is 10.4 Å². The third-order valence-electron chi connectivity index (χ3n) is 3.01. The van der Waals surface area contributed by atoms with Crippen molar-refractivity contribution in [3.8, 4) is 0 Å². The number of rotatable bonds is 4. The van der Waals surface area contributed by atoms with Crippen molar-refractivity contribution < 1.29 is 19.1 Å². The van der Waals surface area contributed by atoms with Gasteiger partial charge in [-0.3, -0.25) is 4.79 Å². The second kappa shape index (κ2) is 6.17. The van der Waals surface area contributed by atoms with Crippen LogP contribution < -0.4 is 5.32 Å². The summed E-state index contributed by atoms with van der Waals surface area (Å²) >= 11 is 0. The molecule has 108 valence electrons. The number of nitrogens with one attached hydrogen (secondary N) is 1.